The van der Waals surface area contributed by atoms with Crippen molar-refractivity contribution < 1.29 is 8.42 Å². The van der Waals surface area contributed by atoms with Gasteiger partial charge in [0.2, 0.25) is 10.0 Å². The highest BCUT2D eigenvalue weighted by Gasteiger charge is 2.18. The molecule has 14 heavy (non-hydrogen) atoms. The summed E-state index contributed by atoms with van der Waals surface area (Å²) in [6, 6.07) is 0. The summed E-state index contributed by atoms with van der Waals surface area (Å²) < 4.78 is 24.5. The molecular weight excluding hydrogens is 200 g/mol. The SMILES string of the molecule is C#CCN(CC)S(=O)(=O)CCCCN. The van der Waals surface area contributed by atoms with Gasteiger partial charge in [-0.1, -0.05) is 12.8 Å². The summed E-state index contributed by atoms with van der Waals surface area (Å²) in [5, 5.41) is 0. The van der Waals surface area contributed by atoms with Crippen molar-refractivity contribution in [3.05, 3.63) is 0 Å². The predicted molar refractivity (Wildman–Crippen MR) is 58.2 cm³/mol. The number of hydrogen-bond donors (Lipinski definition) is 1. The topological polar surface area (TPSA) is 63.4 Å². The Hall–Kier alpha value is -0.570. The second kappa shape index (κ2) is 6.82. The molecule has 0 spiro atoms. The van der Waals surface area contributed by atoms with Gasteiger partial charge in [-0.05, 0) is 19.4 Å². The second-order valence-corrected chi connectivity index (χ2v) is 5.03. The first-order chi connectivity index (χ1) is 6.58. The van der Waals surface area contributed by atoms with Gasteiger partial charge in [0.15, 0.2) is 0 Å². The van der Waals surface area contributed by atoms with E-state index in [-0.39, 0.29) is 12.3 Å². The summed E-state index contributed by atoms with van der Waals surface area (Å²) in [6.07, 6.45) is 6.41. The Labute approximate surface area is 86.5 Å². The Morgan fingerprint density at radius 1 is 1.43 bits per heavy atom. The molecule has 2 N–H and O–H groups in total. The number of terminal acetylenes is 1. The molecule has 0 radical (unpaired) electrons. The molecule has 0 aliphatic carbocycles. The van der Waals surface area contributed by atoms with Gasteiger partial charge in [-0.2, -0.15) is 4.31 Å². The molecule has 0 aliphatic rings. The number of hydrogen-bond acceptors (Lipinski definition) is 3. The molecule has 0 atom stereocenters. The van der Waals surface area contributed by atoms with Crippen LogP contribution in [0.1, 0.15) is 19.8 Å². The highest BCUT2D eigenvalue weighted by atomic mass is 32.2. The van der Waals surface area contributed by atoms with Gasteiger partial charge in [-0.15, -0.1) is 6.42 Å². The Kier molecular flexibility index (Phi) is 6.54. The fraction of sp³-hybridized carbons (Fsp3) is 0.778. The molecule has 0 saturated heterocycles. The Morgan fingerprint density at radius 3 is 2.50 bits per heavy atom. The molecule has 0 bridgehead atoms. The van der Waals surface area contributed by atoms with Crippen LogP contribution < -0.4 is 5.73 Å². The molecule has 0 fully saturated rings. The largest absolute Gasteiger partial charge is 0.330 e. The minimum atomic E-state index is -3.17. The van der Waals surface area contributed by atoms with E-state index in [9.17, 15) is 8.42 Å². The lowest BCUT2D eigenvalue weighted by Gasteiger charge is -2.17. The lowest BCUT2D eigenvalue weighted by molar-refractivity contribution is 0.462. The lowest BCUT2D eigenvalue weighted by Crippen LogP contribution is -2.33. The van der Waals surface area contributed by atoms with Gasteiger partial charge in [0.1, 0.15) is 0 Å². The normalized spacial score (nSPS) is 11.6. The van der Waals surface area contributed by atoms with Gasteiger partial charge < -0.3 is 5.73 Å². The van der Waals surface area contributed by atoms with Gasteiger partial charge in [0.05, 0.1) is 12.3 Å². The number of nitrogens with zero attached hydrogens (tertiary/aromatic N) is 1. The van der Waals surface area contributed by atoms with E-state index in [0.717, 1.165) is 6.42 Å². The lowest BCUT2D eigenvalue weighted by atomic mass is 10.3. The van der Waals surface area contributed by atoms with E-state index in [1.807, 2.05) is 0 Å². The minimum absolute atomic E-state index is 0.139. The van der Waals surface area contributed by atoms with Crippen molar-refractivity contribution in [3.8, 4) is 12.3 Å². The summed E-state index contributed by atoms with van der Waals surface area (Å²) >= 11 is 0. The maximum Gasteiger partial charge on any atom is 0.214 e. The maximum absolute atomic E-state index is 11.6. The first kappa shape index (κ1) is 13.4. The zero-order valence-corrected chi connectivity index (χ0v) is 9.39. The molecule has 0 aliphatic heterocycles. The van der Waals surface area contributed by atoms with E-state index in [1.165, 1.54) is 4.31 Å². The molecule has 0 rings (SSSR count). The Morgan fingerprint density at radius 2 is 2.07 bits per heavy atom. The molecule has 0 unspecified atom stereocenters. The zero-order valence-electron chi connectivity index (χ0n) is 8.57. The van der Waals surface area contributed by atoms with E-state index in [2.05, 4.69) is 5.92 Å². The van der Waals surface area contributed by atoms with Crippen molar-refractivity contribution >= 4 is 10.0 Å². The predicted octanol–water partition coefficient (Wildman–Crippen LogP) is 0.0102. The smallest absolute Gasteiger partial charge is 0.214 e. The van der Waals surface area contributed by atoms with Crippen LogP contribution >= 0.6 is 0 Å². The standard InChI is InChI=1S/C9H18N2O2S/c1-3-8-11(4-2)14(12,13)9-6-5-7-10/h1H,4-10H2,2H3. The van der Waals surface area contributed by atoms with Gasteiger partial charge in [0, 0.05) is 6.54 Å². The number of unbranched alkanes of at least 4 members (excludes halogenated alkanes) is 1. The molecule has 0 aromatic carbocycles. The van der Waals surface area contributed by atoms with Crippen molar-refractivity contribution in [2.75, 3.05) is 25.4 Å². The third kappa shape index (κ3) is 4.61. The fourth-order valence-electron chi connectivity index (χ4n) is 1.07. The van der Waals surface area contributed by atoms with Crippen LogP contribution in [-0.2, 0) is 10.0 Å². The van der Waals surface area contributed by atoms with Crippen LogP contribution in [0.5, 0.6) is 0 Å². The van der Waals surface area contributed by atoms with Gasteiger partial charge in [-0.25, -0.2) is 8.42 Å². The number of rotatable bonds is 7. The van der Waals surface area contributed by atoms with E-state index in [4.69, 9.17) is 12.2 Å². The van der Waals surface area contributed by atoms with Crippen molar-refractivity contribution in [1.29, 1.82) is 0 Å². The van der Waals surface area contributed by atoms with E-state index < -0.39 is 10.0 Å². The summed E-state index contributed by atoms with van der Waals surface area (Å²) in [7, 11) is -3.17. The summed E-state index contributed by atoms with van der Waals surface area (Å²) in [5.41, 5.74) is 5.28. The highest BCUT2D eigenvalue weighted by Crippen LogP contribution is 2.03. The molecule has 82 valence electrons. The van der Waals surface area contributed by atoms with Crippen LogP contribution in [0, 0.1) is 12.3 Å². The molecule has 0 amide bonds. The molecule has 0 heterocycles. The maximum atomic E-state index is 11.6. The van der Waals surface area contributed by atoms with Crippen molar-refractivity contribution in [1.82, 2.24) is 4.31 Å². The second-order valence-electron chi connectivity index (χ2n) is 2.94. The van der Waals surface area contributed by atoms with Gasteiger partial charge in [-0.3, -0.25) is 0 Å². The molecule has 0 saturated carbocycles. The average Bonchev–Trinajstić information content (AvgIpc) is 2.14. The number of nitrogens with two attached hydrogens (primary N) is 1. The fourth-order valence-corrected chi connectivity index (χ4v) is 2.56. The van der Waals surface area contributed by atoms with Crippen molar-refractivity contribution in [3.63, 3.8) is 0 Å². The molecule has 5 heteroatoms. The third-order valence-electron chi connectivity index (χ3n) is 1.87. The van der Waals surface area contributed by atoms with Crippen LogP contribution in [0.4, 0.5) is 0 Å². The molecule has 0 aromatic heterocycles. The summed E-state index contributed by atoms with van der Waals surface area (Å²) in [5.74, 6) is 2.48. The first-order valence-electron chi connectivity index (χ1n) is 4.69. The quantitative estimate of drug-likeness (QED) is 0.483. The number of sulfonamides is 1. The van der Waals surface area contributed by atoms with Crippen LogP contribution in [0.15, 0.2) is 0 Å². The third-order valence-corrected chi connectivity index (χ3v) is 3.85. The first-order valence-corrected chi connectivity index (χ1v) is 6.30. The van der Waals surface area contributed by atoms with Crippen molar-refractivity contribution in [2.24, 2.45) is 5.73 Å². The monoisotopic (exact) mass is 218 g/mol. The average molecular weight is 218 g/mol. The van der Waals surface area contributed by atoms with E-state index in [1.54, 1.807) is 6.92 Å². The molecular formula is C9H18N2O2S. The van der Waals surface area contributed by atoms with Gasteiger partial charge >= 0.3 is 0 Å². The summed E-state index contributed by atoms with van der Waals surface area (Å²) in [4.78, 5) is 0. The van der Waals surface area contributed by atoms with Gasteiger partial charge in [0.25, 0.3) is 0 Å². The van der Waals surface area contributed by atoms with Crippen LogP contribution in [0.25, 0.3) is 0 Å². The molecule has 4 nitrogen and oxygen atoms in total. The van der Waals surface area contributed by atoms with E-state index >= 15 is 0 Å². The van der Waals surface area contributed by atoms with Crippen LogP contribution in [0.2, 0.25) is 0 Å². The minimum Gasteiger partial charge on any atom is -0.330 e. The summed E-state index contributed by atoms with van der Waals surface area (Å²) in [6.45, 7) is 2.88. The zero-order chi connectivity index (χ0) is 11.0. The van der Waals surface area contributed by atoms with E-state index in [0.29, 0.717) is 19.5 Å². The van der Waals surface area contributed by atoms with Crippen molar-refractivity contribution in [2.45, 2.75) is 19.8 Å². The molecule has 0 aromatic rings. The Bertz CT molecular complexity index is 280. The highest BCUT2D eigenvalue weighted by molar-refractivity contribution is 7.89. The van der Waals surface area contributed by atoms with Crippen LogP contribution in [0.3, 0.4) is 0 Å². The van der Waals surface area contributed by atoms with Crippen LogP contribution in [-0.4, -0.2) is 38.1 Å². The Balaban J connectivity index is 4.21.